The molecule has 0 saturated heterocycles. The Bertz CT molecular complexity index is 568. The van der Waals surface area contributed by atoms with Crippen LogP contribution < -0.4 is 10.0 Å². The zero-order valence-corrected chi connectivity index (χ0v) is 13.2. The number of carbonyl (C=O) groups excluding carboxylic acids is 1. The first-order chi connectivity index (χ1) is 9.86. The summed E-state index contributed by atoms with van der Waals surface area (Å²) >= 11 is 1.04. The molecular formula is C12H18N2O5S2. The number of sulfonamides is 1. The predicted octanol–water partition coefficient (Wildman–Crippen LogP) is 0.786. The maximum atomic E-state index is 11.8. The Morgan fingerprint density at radius 1 is 1.43 bits per heavy atom. The topological polar surface area (TPSA) is 113 Å². The van der Waals surface area contributed by atoms with Gasteiger partial charge in [-0.3, -0.25) is 4.79 Å². The van der Waals surface area contributed by atoms with E-state index >= 15 is 0 Å². The summed E-state index contributed by atoms with van der Waals surface area (Å²) < 4.78 is 25.8. The minimum absolute atomic E-state index is 0.107. The van der Waals surface area contributed by atoms with Crippen molar-refractivity contribution in [3.8, 4) is 0 Å². The summed E-state index contributed by atoms with van der Waals surface area (Å²) in [4.78, 5) is 22.6. The molecule has 0 aliphatic carbocycles. The quantitative estimate of drug-likeness (QED) is 0.618. The second-order valence-electron chi connectivity index (χ2n) is 4.36. The van der Waals surface area contributed by atoms with Crippen molar-refractivity contribution in [2.45, 2.75) is 36.4 Å². The van der Waals surface area contributed by atoms with Crippen molar-refractivity contribution in [3.63, 3.8) is 0 Å². The molecule has 3 N–H and O–H groups in total. The summed E-state index contributed by atoms with van der Waals surface area (Å²) in [7, 11) is -3.72. The number of thiophene rings is 1. The predicted molar refractivity (Wildman–Crippen MR) is 78.6 cm³/mol. The zero-order valence-electron chi connectivity index (χ0n) is 11.5. The molecular weight excluding hydrogens is 316 g/mol. The molecule has 118 valence electrons. The molecule has 1 amide bonds. The minimum Gasteiger partial charge on any atom is -0.480 e. The van der Waals surface area contributed by atoms with E-state index in [1.54, 1.807) is 11.4 Å². The van der Waals surface area contributed by atoms with Gasteiger partial charge in [0.1, 0.15) is 10.3 Å². The maximum Gasteiger partial charge on any atom is 0.326 e. The molecule has 1 atom stereocenters. The smallest absolute Gasteiger partial charge is 0.326 e. The molecule has 21 heavy (non-hydrogen) atoms. The average Bonchev–Trinajstić information content (AvgIpc) is 2.96. The summed E-state index contributed by atoms with van der Waals surface area (Å²) in [5, 5.41) is 12.9. The van der Waals surface area contributed by atoms with Gasteiger partial charge in [-0.15, -0.1) is 11.3 Å². The van der Waals surface area contributed by atoms with Crippen LogP contribution in [-0.4, -0.2) is 38.0 Å². The normalized spacial score (nSPS) is 12.8. The fourth-order valence-electron chi connectivity index (χ4n) is 1.56. The van der Waals surface area contributed by atoms with E-state index in [1.807, 2.05) is 6.92 Å². The SMILES string of the molecule is CCCCC(NC(=O)CNS(=O)(=O)c1cccs1)C(=O)O. The number of carboxylic acid groups (broad SMARTS) is 1. The minimum atomic E-state index is -3.72. The van der Waals surface area contributed by atoms with Gasteiger partial charge in [-0.1, -0.05) is 25.8 Å². The monoisotopic (exact) mass is 334 g/mol. The van der Waals surface area contributed by atoms with E-state index in [-0.39, 0.29) is 4.21 Å². The number of rotatable bonds is 9. The van der Waals surface area contributed by atoms with E-state index in [0.29, 0.717) is 12.8 Å². The van der Waals surface area contributed by atoms with Crippen LogP contribution in [0.15, 0.2) is 21.7 Å². The lowest BCUT2D eigenvalue weighted by atomic mass is 10.1. The summed E-state index contributed by atoms with van der Waals surface area (Å²) in [5.41, 5.74) is 0. The molecule has 1 aromatic heterocycles. The molecule has 0 fully saturated rings. The van der Waals surface area contributed by atoms with Crippen LogP contribution in [0.4, 0.5) is 0 Å². The first-order valence-corrected chi connectivity index (χ1v) is 8.78. The Morgan fingerprint density at radius 3 is 2.67 bits per heavy atom. The van der Waals surface area contributed by atoms with E-state index in [1.165, 1.54) is 6.07 Å². The van der Waals surface area contributed by atoms with Crippen molar-refractivity contribution >= 4 is 33.2 Å². The van der Waals surface area contributed by atoms with Crippen LogP contribution in [0, 0.1) is 0 Å². The average molecular weight is 334 g/mol. The third-order valence-electron chi connectivity index (χ3n) is 2.66. The number of nitrogens with one attached hydrogen (secondary N) is 2. The first-order valence-electron chi connectivity index (χ1n) is 6.42. The Hall–Kier alpha value is -1.45. The number of amides is 1. The van der Waals surface area contributed by atoms with E-state index < -0.39 is 34.5 Å². The molecule has 0 bridgehead atoms. The molecule has 0 aliphatic heterocycles. The fourth-order valence-corrected chi connectivity index (χ4v) is 3.58. The first kappa shape index (κ1) is 17.6. The third kappa shape index (κ3) is 5.82. The molecule has 0 spiro atoms. The van der Waals surface area contributed by atoms with Crippen LogP contribution in [0.3, 0.4) is 0 Å². The van der Waals surface area contributed by atoms with Crippen LogP contribution in [0.2, 0.25) is 0 Å². The van der Waals surface area contributed by atoms with Gasteiger partial charge in [0.2, 0.25) is 5.91 Å². The molecule has 1 aromatic rings. The van der Waals surface area contributed by atoms with Crippen molar-refractivity contribution in [1.29, 1.82) is 0 Å². The summed E-state index contributed by atoms with van der Waals surface area (Å²) in [6, 6.07) is 2.01. The van der Waals surface area contributed by atoms with Gasteiger partial charge in [0.25, 0.3) is 10.0 Å². The number of hydrogen-bond acceptors (Lipinski definition) is 5. The lowest BCUT2D eigenvalue weighted by Gasteiger charge is -2.14. The molecule has 9 heteroatoms. The van der Waals surface area contributed by atoms with E-state index in [9.17, 15) is 18.0 Å². The molecule has 1 unspecified atom stereocenters. The summed E-state index contributed by atoms with van der Waals surface area (Å²) in [6.45, 7) is 1.42. The van der Waals surface area contributed by atoms with Crippen molar-refractivity contribution in [2.75, 3.05) is 6.54 Å². The number of carbonyl (C=O) groups is 2. The van der Waals surface area contributed by atoms with Gasteiger partial charge >= 0.3 is 5.97 Å². The van der Waals surface area contributed by atoms with Gasteiger partial charge in [0.05, 0.1) is 6.54 Å². The largest absolute Gasteiger partial charge is 0.480 e. The maximum absolute atomic E-state index is 11.8. The van der Waals surface area contributed by atoms with Crippen molar-refractivity contribution in [1.82, 2.24) is 10.0 Å². The number of carboxylic acids is 1. The summed E-state index contributed by atoms with van der Waals surface area (Å²) in [6.07, 6.45) is 1.79. The van der Waals surface area contributed by atoms with E-state index in [2.05, 4.69) is 10.0 Å². The zero-order chi connectivity index (χ0) is 15.9. The Kier molecular flexibility index (Phi) is 6.79. The van der Waals surface area contributed by atoms with Crippen LogP contribution in [0.1, 0.15) is 26.2 Å². The Labute approximate surface area is 127 Å². The molecule has 1 rings (SSSR count). The fraction of sp³-hybridized carbons (Fsp3) is 0.500. The lowest BCUT2D eigenvalue weighted by Crippen LogP contribution is -2.45. The molecule has 0 radical (unpaired) electrons. The highest BCUT2D eigenvalue weighted by Gasteiger charge is 2.21. The third-order valence-corrected chi connectivity index (χ3v) is 5.46. The highest BCUT2D eigenvalue weighted by Crippen LogP contribution is 2.14. The number of hydrogen-bond donors (Lipinski definition) is 3. The van der Waals surface area contributed by atoms with Gasteiger partial charge < -0.3 is 10.4 Å². The summed E-state index contributed by atoms with van der Waals surface area (Å²) in [5.74, 6) is -1.79. The number of aliphatic carboxylic acids is 1. The van der Waals surface area contributed by atoms with Gasteiger partial charge in [0.15, 0.2) is 0 Å². The molecule has 0 aliphatic rings. The van der Waals surface area contributed by atoms with E-state index in [0.717, 1.165) is 17.8 Å². The van der Waals surface area contributed by atoms with Crippen LogP contribution >= 0.6 is 11.3 Å². The van der Waals surface area contributed by atoms with Crippen molar-refractivity contribution in [2.24, 2.45) is 0 Å². The second-order valence-corrected chi connectivity index (χ2v) is 7.30. The molecule has 0 aromatic carbocycles. The van der Waals surface area contributed by atoms with Crippen molar-refractivity contribution < 1.29 is 23.1 Å². The van der Waals surface area contributed by atoms with Gasteiger partial charge in [0, 0.05) is 0 Å². The molecule has 7 nitrogen and oxygen atoms in total. The highest BCUT2D eigenvalue weighted by molar-refractivity contribution is 7.91. The van der Waals surface area contributed by atoms with E-state index in [4.69, 9.17) is 5.11 Å². The van der Waals surface area contributed by atoms with Gasteiger partial charge in [-0.2, -0.15) is 0 Å². The van der Waals surface area contributed by atoms with Crippen LogP contribution in [0.5, 0.6) is 0 Å². The van der Waals surface area contributed by atoms with Crippen LogP contribution in [-0.2, 0) is 19.6 Å². The second kappa shape index (κ2) is 8.11. The highest BCUT2D eigenvalue weighted by atomic mass is 32.2. The van der Waals surface area contributed by atoms with Crippen molar-refractivity contribution in [3.05, 3.63) is 17.5 Å². The standard InChI is InChI=1S/C12H18N2O5S2/c1-2-3-5-9(12(16)17)14-10(15)8-13-21(18,19)11-6-4-7-20-11/h4,6-7,9,13H,2-3,5,8H2,1H3,(H,14,15)(H,16,17). The van der Waals surface area contributed by atoms with Gasteiger partial charge in [-0.25, -0.2) is 17.9 Å². The lowest BCUT2D eigenvalue weighted by molar-refractivity contribution is -0.141. The van der Waals surface area contributed by atoms with Gasteiger partial charge in [-0.05, 0) is 17.9 Å². The molecule has 1 heterocycles. The Morgan fingerprint density at radius 2 is 2.14 bits per heavy atom. The number of unbranched alkanes of at least 4 members (excludes halogenated alkanes) is 1. The molecule has 0 saturated carbocycles. The van der Waals surface area contributed by atoms with Crippen LogP contribution in [0.25, 0.3) is 0 Å². The Balaban J connectivity index is 2.51.